The van der Waals surface area contributed by atoms with Gasteiger partial charge in [-0.1, -0.05) is 124 Å². The van der Waals surface area contributed by atoms with Crippen LogP contribution in [0.4, 0.5) is 0 Å². The number of fused-ring (bicyclic) bond motifs is 2. The quantitative estimate of drug-likeness (QED) is 0.0593. The number of carbonyl (C=O) groups is 2. The third-order valence-electron chi connectivity index (χ3n) is 15.8. The number of ether oxygens (including phenoxy) is 1. The number of aryl methyl sites for hydroxylation is 2. The van der Waals surface area contributed by atoms with E-state index in [-0.39, 0.29) is 51.6 Å². The predicted octanol–water partition coefficient (Wildman–Crippen LogP) is 13.7. The molecule has 1 unspecified atom stereocenters. The Kier molecular flexibility index (Phi) is 18.5. The zero-order chi connectivity index (χ0) is 56.9. The van der Waals surface area contributed by atoms with Crippen LogP contribution in [-0.4, -0.2) is 65.7 Å². The second kappa shape index (κ2) is 24.4. The minimum absolute atomic E-state index is 0.0330. The molecule has 1 atom stereocenters. The Morgan fingerprint density at radius 1 is 0.654 bits per heavy atom. The van der Waals surface area contributed by atoms with Crippen LogP contribution in [0.25, 0.3) is 16.5 Å². The number of rotatable bonds is 10. The lowest BCUT2D eigenvalue weighted by molar-refractivity contribution is -0.00436. The lowest BCUT2D eigenvalue weighted by Gasteiger charge is -2.30. The first-order valence-corrected chi connectivity index (χ1v) is 30.1. The summed E-state index contributed by atoms with van der Waals surface area (Å²) in [5, 5.41) is 20.4. The first-order chi connectivity index (χ1) is 36.9. The van der Waals surface area contributed by atoms with E-state index in [1.165, 1.54) is 140 Å². The molecule has 0 radical (unpaired) electrons. The lowest BCUT2D eigenvalue weighted by atomic mass is 9.75. The topological polar surface area (TPSA) is 189 Å². The molecule has 9 rings (SSSR count). The number of aliphatic hydroxyl groups excluding tert-OH is 2. The average Bonchev–Trinajstić information content (AvgIpc) is 3.52. The minimum Gasteiger partial charge on any atom is -0.496 e. The highest BCUT2D eigenvalue weighted by Gasteiger charge is 2.38. The summed E-state index contributed by atoms with van der Waals surface area (Å²) in [5.41, 5.74) is 21.3. The molecule has 0 bridgehead atoms. The van der Waals surface area contributed by atoms with Crippen molar-refractivity contribution in [2.75, 3.05) is 7.11 Å². The van der Waals surface area contributed by atoms with Gasteiger partial charge in [-0.15, -0.1) is 0 Å². The van der Waals surface area contributed by atoms with Gasteiger partial charge in [-0.05, 0) is 167 Å². The molecule has 11 nitrogen and oxygen atoms in total. The van der Waals surface area contributed by atoms with Crippen LogP contribution >= 0.6 is 0 Å². The zero-order valence-electron chi connectivity index (χ0n) is 46.8. The fourth-order valence-electron chi connectivity index (χ4n) is 11.2. The van der Waals surface area contributed by atoms with Gasteiger partial charge in [0.1, 0.15) is 5.75 Å². The van der Waals surface area contributed by atoms with Crippen LogP contribution in [0.2, 0.25) is 0 Å². The number of aliphatic hydroxyl groups is 2. The minimum atomic E-state index is -3.57. The molecule has 5 aromatic rings. The van der Waals surface area contributed by atoms with Gasteiger partial charge in [-0.3, -0.25) is 9.59 Å². The molecule has 2 saturated carbocycles. The first-order valence-electron chi connectivity index (χ1n) is 27.1. The molecule has 5 aromatic carbocycles. The zero-order valence-corrected chi connectivity index (χ0v) is 48.4. The van der Waals surface area contributed by atoms with Crippen molar-refractivity contribution in [2.24, 2.45) is 0 Å². The van der Waals surface area contributed by atoms with Crippen LogP contribution in [0.3, 0.4) is 0 Å². The summed E-state index contributed by atoms with van der Waals surface area (Å²) in [7, 11) is -5.29. The summed E-state index contributed by atoms with van der Waals surface area (Å²) >= 11 is 0. The number of hydrogen-bond donors (Lipinski definition) is 2. The molecule has 78 heavy (non-hydrogen) atoms. The maximum Gasteiger partial charge on any atom is 0.362 e. The largest absolute Gasteiger partial charge is 0.496 e. The number of benzene rings is 5. The van der Waals surface area contributed by atoms with Crippen LogP contribution < -0.4 is 4.74 Å². The van der Waals surface area contributed by atoms with Gasteiger partial charge in [-0.25, -0.2) is 16.8 Å². The van der Waals surface area contributed by atoms with Crippen molar-refractivity contribution in [1.82, 2.24) is 0 Å². The molecular weight excluding hydrogens is 1020 g/mol. The monoisotopic (exact) mass is 1090 g/mol. The molecule has 0 aromatic heterocycles. The first kappa shape index (κ1) is 59.3. The number of carbonyl (C=O) groups excluding carboxylic acids is 2. The number of sulfone groups is 2. The molecule has 0 spiro atoms. The van der Waals surface area contributed by atoms with Gasteiger partial charge < -0.3 is 20.5 Å². The van der Waals surface area contributed by atoms with Gasteiger partial charge in [0, 0.05) is 39.8 Å². The van der Waals surface area contributed by atoms with Crippen LogP contribution in [0.15, 0.2) is 120 Å². The number of hydrogen-bond acceptors (Lipinski definition) is 9. The number of methoxy groups -OCH3 is 1. The van der Waals surface area contributed by atoms with E-state index in [0.29, 0.717) is 28.5 Å². The Labute approximate surface area is 462 Å². The molecule has 0 aliphatic heterocycles. The van der Waals surface area contributed by atoms with Crippen LogP contribution in [0.1, 0.15) is 205 Å². The van der Waals surface area contributed by atoms with Crippen molar-refractivity contribution in [3.63, 3.8) is 0 Å². The van der Waals surface area contributed by atoms with E-state index in [1.54, 1.807) is 72.9 Å². The fourth-order valence-corrected chi connectivity index (χ4v) is 14.0. The van der Waals surface area contributed by atoms with E-state index in [0.717, 1.165) is 16.9 Å². The number of allylic oxidation sites excluding steroid dienone is 3. The molecule has 0 heterocycles. The summed E-state index contributed by atoms with van der Waals surface area (Å²) in [5.74, 6) is 1.40. The summed E-state index contributed by atoms with van der Waals surface area (Å²) in [6, 6.07) is 29.1. The van der Waals surface area contributed by atoms with Crippen molar-refractivity contribution < 1.29 is 46.2 Å². The average molecular weight is 1090 g/mol. The highest BCUT2D eigenvalue weighted by Crippen LogP contribution is 2.46. The number of nitrogens with zero attached hydrogens (tertiary/aromatic N) is 2. The van der Waals surface area contributed by atoms with Gasteiger partial charge in [-0.2, -0.15) is 4.79 Å². The van der Waals surface area contributed by atoms with Gasteiger partial charge >= 0.3 is 5.71 Å². The van der Waals surface area contributed by atoms with Crippen LogP contribution in [0, 0.1) is 13.8 Å². The van der Waals surface area contributed by atoms with E-state index in [1.807, 2.05) is 6.07 Å². The molecule has 2 N–H and O–H groups in total. The van der Waals surface area contributed by atoms with E-state index < -0.39 is 35.0 Å². The maximum atomic E-state index is 12.6. The van der Waals surface area contributed by atoms with E-state index in [4.69, 9.17) is 10.3 Å². The van der Waals surface area contributed by atoms with Gasteiger partial charge in [0.2, 0.25) is 0 Å². The molecule has 2 fully saturated rings. The van der Waals surface area contributed by atoms with E-state index in [9.17, 15) is 36.6 Å². The fraction of sp³-hybridized carbons (Fsp3) is 0.400. The molecule has 412 valence electrons. The number of ketones is 2. The van der Waals surface area contributed by atoms with Crippen molar-refractivity contribution in [1.29, 1.82) is 0 Å². The van der Waals surface area contributed by atoms with Crippen molar-refractivity contribution in [3.05, 3.63) is 193 Å². The summed E-state index contributed by atoms with van der Waals surface area (Å²) in [4.78, 5) is 27.2. The van der Waals surface area contributed by atoms with Gasteiger partial charge in [0.05, 0.1) is 39.6 Å². The van der Waals surface area contributed by atoms with Gasteiger partial charge in [0.25, 0.3) is 5.78 Å². The molecule has 13 heteroatoms. The standard InChI is InChI=1S/C36H46O3.C15H16O3S.C14H14N2O3S/c1-24-17-30(23-38)33(27-12-6-4-7-13-27)20-31(24)36(29-16-10-11-26(19-29)22-37)32-21-34(28-14-8-5-9-15-28)35(39-3)18-25(32)2;1-10-9-13(19(17,18)15(2,3)4)11-7-5-6-8-12(11)14(10)16;1-14(2,3)20(18,19)12-6-4-5-10-9(12)7-8-11(16-15)13(10)17/h10-11,16-21,27-28,36-38H,4-9,12-15,22-23H2,1-3H3;5-9H,1H2,2-4H3;4-8H,1-3H3. The number of Topliss-reactive ketones (excluding diaryl/α,β-unsaturated/α-hetero) is 2. The Morgan fingerprint density at radius 2 is 1.21 bits per heavy atom. The second-order valence-corrected chi connectivity index (χ2v) is 28.4. The smallest absolute Gasteiger partial charge is 0.362 e. The Balaban J connectivity index is 0.000000189. The Morgan fingerprint density at radius 3 is 1.77 bits per heavy atom. The summed E-state index contributed by atoms with van der Waals surface area (Å²) < 4.78 is 54.4. The normalized spacial score (nSPS) is 16.6. The van der Waals surface area contributed by atoms with Crippen molar-refractivity contribution in [3.8, 4) is 5.75 Å². The van der Waals surface area contributed by atoms with Crippen molar-refractivity contribution in [2.45, 2.75) is 165 Å². The highest BCUT2D eigenvalue weighted by atomic mass is 32.2. The molecule has 0 amide bonds. The summed E-state index contributed by atoms with van der Waals surface area (Å²) in [6.07, 6.45) is 16.8. The molecule has 0 saturated heterocycles. The molecular formula is C65H76N2O9S2. The van der Waals surface area contributed by atoms with E-state index >= 15 is 0 Å². The molecule has 4 aliphatic rings. The lowest BCUT2D eigenvalue weighted by Crippen LogP contribution is -2.30. The maximum absolute atomic E-state index is 12.6. The van der Waals surface area contributed by atoms with E-state index in [2.05, 4.69) is 67.7 Å². The SMILES string of the molecule is C=C1C=C(S(=O)(=O)C(C)(C)C)c2ccccc2C1=O.CC(C)(C)S(=O)(=O)c1cccc2c1C=CC(=[N+]=[N-])C2=O.COc1cc(C)c(C(c2cccc(CO)c2)c2cc(C3CCCCC3)c(CO)cc2C)cc1C1CCCCC1. The third-order valence-corrected chi connectivity index (χ3v) is 20.9. The second-order valence-electron chi connectivity index (χ2n) is 23.0. The van der Waals surface area contributed by atoms with Crippen LogP contribution in [-0.2, 0) is 32.9 Å². The Bertz CT molecular complexity index is 3390. The Hall–Kier alpha value is -6.34. The third kappa shape index (κ3) is 12.3. The predicted molar refractivity (Wildman–Crippen MR) is 312 cm³/mol. The van der Waals surface area contributed by atoms with Crippen molar-refractivity contribution >= 4 is 47.9 Å². The highest BCUT2D eigenvalue weighted by molar-refractivity contribution is 8.01. The van der Waals surface area contributed by atoms with Crippen LogP contribution in [0.5, 0.6) is 5.75 Å². The summed E-state index contributed by atoms with van der Waals surface area (Å²) in [6.45, 7) is 17.9. The van der Waals surface area contributed by atoms with Gasteiger partial charge in [0.15, 0.2) is 25.5 Å². The molecule has 4 aliphatic carbocycles.